The molecule has 7 nitrogen and oxygen atoms in total. The summed E-state index contributed by atoms with van der Waals surface area (Å²) in [5.74, 6) is 2.82. The number of methoxy groups -OCH3 is 2. The van der Waals surface area contributed by atoms with Crippen molar-refractivity contribution in [2.75, 3.05) is 20.8 Å². The van der Waals surface area contributed by atoms with Gasteiger partial charge in [0.2, 0.25) is 5.91 Å². The Morgan fingerprint density at radius 2 is 2.00 bits per heavy atom. The van der Waals surface area contributed by atoms with Crippen LogP contribution in [0, 0.1) is 6.92 Å². The first-order valence-corrected chi connectivity index (χ1v) is 8.52. The van der Waals surface area contributed by atoms with Crippen molar-refractivity contribution in [3.05, 3.63) is 35.4 Å². The number of aromatic nitrogens is 3. The summed E-state index contributed by atoms with van der Waals surface area (Å²) < 4.78 is 10.8. The molecule has 0 radical (unpaired) electrons. The van der Waals surface area contributed by atoms with Crippen molar-refractivity contribution in [2.24, 2.45) is 0 Å². The van der Waals surface area contributed by atoms with Crippen LogP contribution in [0.5, 0.6) is 11.5 Å². The number of nitrogens with one attached hydrogen (secondary N) is 1. The van der Waals surface area contributed by atoms with Crippen LogP contribution in [0.1, 0.15) is 42.5 Å². The fraction of sp³-hybridized carbons (Fsp3) is 0.500. The zero-order valence-corrected chi connectivity index (χ0v) is 14.9. The molecule has 0 bridgehead atoms. The number of aryl methyl sites for hydroxylation is 1. The van der Waals surface area contributed by atoms with E-state index in [2.05, 4.69) is 15.2 Å². The highest BCUT2D eigenvalue weighted by Crippen LogP contribution is 2.33. The minimum Gasteiger partial charge on any atom is -0.496 e. The van der Waals surface area contributed by atoms with E-state index in [1.807, 2.05) is 30.0 Å². The lowest BCUT2D eigenvalue weighted by molar-refractivity contribution is -0.134. The van der Waals surface area contributed by atoms with Gasteiger partial charge in [0.15, 0.2) is 5.82 Å². The molecule has 1 aliphatic rings. The van der Waals surface area contributed by atoms with Gasteiger partial charge in [-0.05, 0) is 38.3 Å². The first-order valence-electron chi connectivity index (χ1n) is 8.52. The summed E-state index contributed by atoms with van der Waals surface area (Å²) in [4.78, 5) is 19.4. The SMILES string of the molecule is COc1cccc(OC)c1CC(=O)N1CCCCC1c1n[nH]c(C)n1. The van der Waals surface area contributed by atoms with E-state index in [0.717, 1.165) is 30.7 Å². The van der Waals surface area contributed by atoms with Crippen LogP contribution < -0.4 is 9.47 Å². The predicted molar refractivity (Wildman–Crippen MR) is 92.7 cm³/mol. The van der Waals surface area contributed by atoms with Crippen LogP contribution in [0.3, 0.4) is 0 Å². The highest BCUT2D eigenvalue weighted by atomic mass is 16.5. The molecule has 1 aromatic carbocycles. The van der Waals surface area contributed by atoms with Crippen LogP contribution >= 0.6 is 0 Å². The Hall–Kier alpha value is -2.57. The molecule has 1 aromatic heterocycles. The smallest absolute Gasteiger partial charge is 0.227 e. The summed E-state index contributed by atoms with van der Waals surface area (Å²) in [6.45, 7) is 2.58. The number of ether oxygens (including phenoxy) is 2. The van der Waals surface area contributed by atoms with E-state index in [1.54, 1.807) is 14.2 Å². The molecule has 25 heavy (non-hydrogen) atoms. The first-order chi connectivity index (χ1) is 12.1. The molecule has 2 heterocycles. The Kier molecular flexibility index (Phi) is 5.21. The standard InChI is InChI=1S/C18H24N4O3/c1-12-19-18(21-20-12)14-7-4-5-10-22(14)17(23)11-13-15(24-2)8-6-9-16(13)25-3/h6,8-9,14H,4-5,7,10-11H2,1-3H3,(H,19,20,21). The van der Waals surface area contributed by atoms with Crippen molar-refractivity contribution in [3.8, 4) is 11.5 Å². The van der Waals surface area contributed by atoms with Gasteiger partial charge in [0.25, 0.3) is 0 Å². The molecule has 1 unspecified atom stereocenters. The molecule has 0 spiro atoms. The lowest BCUT2D eigenvalue weighted by Crippen LogP contribution is -2.40. The number of hydrogen-bond acceptors (Lipinski definition) is 5. The lowest BCUT2D eigenvalue weighted by Gasteiger charge is -2.34. The van der Waals surface area contributed by atoms with Crippen LogP contribution in [-0.2, 0) is 11.2 Å². The number of benzene rings is 1. The normalized spacial score (nSPS) is 17.4. The van der Waals surface area contributed by atoms with E-state index in [-0.39, 0.29) is 18.4 Å². The zero-order valence-electron chi connectivity index (χ0n) is 14.9. The number of nitrogens with zero attached hydrogens (tertiary/aromatic N) is 3. The van der Waals surface area contributed by atoms with Crippen LogP contribution in [0.15, 0.2) is 18.2 Å². The van der Waals surface area contributed by atoms with E-state index in [0.29, 0.717) is 23.9 Å². The second kappa shape index (κ2) is 7.55. The van der Waals surface area contributed by atoms with Crippen LogP contribution in [0.25, 0.3) is 0 Å². The highest BCUT2D eigenvalue weighted by Gasteiger charge is 2.31. The van der Waals surface area contributed by atoms with Crippen molar-refractivity contribution in [2.45, 2.75) is 38.6 Å². The molecular formula is C18H24N4O3. The van der Waals surface area contributed by atoms with Gasteiger partial charge in [-0.25, -0.2) is 4.98 Å². The molecule has 1 N–H and O–H groups in total. The largest absolute Gasteiger partial charge is 0.496 e. The molecule has 1 aliphatic heterocycles. The summed E-state index contributed by atoms with van der Waals surface area (Å²) in [5.41, 5.74) is 0.771. The number of H-pyrrole nitrogens is 1. The number of amides is 1. The Morgan fingerprint density at radius 3 is 2.60 bits per heavy atom. The average Bonchev–Trinajstić information content (AvgIpc) is 3.08. The highest BCUT2D eigenvalue weighted by molar-refractivity contribution is 5.81. The molecule has 134 valence electrons. The first kappa shape index (κ1) is 17.3. The van der Waals surface area contributed by atoms with Gasteiger partial charge >= 0.3 is 0 Å². The van der Waals surface area contributed by atoms with E-state index >= 15 is 0 Å². The van der Waals surface area contributed by atoms with Crippen LogP contribution in [-0.4, -0.2) is 46.8 Å². The Morgan fingerprint density at radius 1 is 1.28 bits per heavy atom. The predicted octanol–water partition coefficient (Wildman–Crippen LogP) is 2.43. The summed E-state index contributed by atoms with van der Waals surface area (Å²) in [7, 11) is 3.20. The van der Waals surface area contributed by atoms with Crippen molar-refractivity contribution in [1.82, 2.24) is 20.1 Å². The van der Waals surface area contributed by atoms with E-state index < -0.39 is 0 Å². The molecule has 0 aliphatic carbocycles. The molecular weight excluding hydrogens is 320 g/mol. The van der Waals surface area contributed by atoms with E-state index in [4.69, 9.17) is 9.47 Å². The van der Waals surface area contributed by atoms with Gasteiger partial charge in [-0.15, -0.1) is 0 Å². The summed E-state index contributed by atoms with van der Waals surface area (Å²) in [5, 5.41) is 7.14. The van der Waals surface area contributed by atoms with Gasteiger partial charge in [0.1, 0.15) is 17.3 Å². The number of aromatic amines is 1. The summed E-state index contributed by atoms with van der Waals surface area (Å²) >= 11 is 0. The number of piperidine rings is 1. The molecule has 1 amide bonds. The maximum Gasteiger partial charge on any atom is 0.227 e. The van der Waals surface area contributed by atoms with Crippen molar-refractivity contribution in [1.29, 1.82) is 0 Å². The van der Waals surface area contributed by atoms with Crippen molar-refractivity contribution in [3.63, 3.8) is 0 Å². The zero-order chi connectivity index (χ0) is 17.8. The molecule has 1 saturated heterocycles. The Balaban J connectivity index is 1.84. The van der Waals surface area contributed by atoms with Gasteiger partial charge in [-0.1, -0.05) is 6.07 Å². The number of carbonyl (C=O) groups excluding carboxylic acids is 1. The Labute approximate surface area is 147 Å². The molecule has 7 heteroatoms. The monoisotopic (exact) mass is 344 g/mol. The number of hydrogen-bond donors (Lipinski definition) is 1. The molecule has 1 fully saturated rings. The third kappa shape index (κ3) is 3.60. The molecule has 0 saturated carbocycles. The van der Waals surface area contributed by atoms with Crippen LogP contribution in [0.4, 0.5) is 0 Å². The summed E-state index contributed by atoms with van der Waals surface area (Å²) in [6, 6.07) is 5.47. The summed E-state index contributed by atoms with van der Waals surface area (Å²) in [6.07, 6.45) is 3.17. The Bertz CT molecular complexity index is 721. The fourth-order valence-electron chi connectivity index (χ4n) is 3.36. The number of rotatable bonds is 5. The topological polar surface area (TPSA) is 80.3 Å². The molecule has 3 rings (SSSR count). The van der Waals surface area contributed by atoms with Crippen LogP contribution in [0.2, 0.25) is 0 Å². The number of carbonyl (C=O) groups is 1. The lowest BCUT2D eigenvalue weighted by atomic mass is 9.99. The van der Waals surface area contributed by atoms with E-state index in [1.165, 1.54) is 0 Å². The molecule has 2 aromatic rings. The van der Waals surface area contributed by atoms with Gasteiger partial charge in [0.05, 0.1) is 26.7 Å². The maximum absolute atomic E-state index is 13.0. The van der Waals surface area contributed by atoms with Crippen molar-refractivity contribution < 1.29 is 14.3 Å². The second-order valence-corrected chi connectivity index (χ2v) is 6.20. The van der Waals surface area contributed by atoms with Gasteiger partial charge in [-0.3, -0.25) is 9.89 Å². The third-order valence-corrected chi connectivity index (χ3v) is 4.59. The average molecular weight is 344 g/mol. The van der Waals surface area contributed by atoms with Gasteiger partial charge < -0.3 is 14.4 Å². The van der Waals surface area contributed by atoms with Crippen molar-refractivity contribution >= 4 is 5.91 Å². The van der Waals surface area contributed by atoms with Gasteiger partial charge in [-0.2, -0.15) is 5.10 Å². The maximum atomic E-state index is 13.0. The minimum absolute atomic E-state index is 0.0370. The van der Waals surface area contributed by atoms with E-state index in [9.17, 15) is 4.79 Å². The quantitative estimate of drug-likeness (QED) is 0.901. The minimum atomic E-state index is -0.0769. The third-order valence-electron chi connectivity index (χ3n) is 4.59. The second-order valence-electron chi connectivity index (χ2n) is 6.20. The van der Waals surface area contributed by atoms with Gasteiger partial charge in [0, 0.05) is 12.1 Å². The number of likely N-dealkylation sites (tertiary alicyclic amines) is 1. The molecule has 1 atom stereocenters. The fourth-order valence-corrected chi connectivity index (χ4v) is 3.36.